The van der Waals surface area contributed by atoms with Gasteiger partial charge in [0.25, 0.3) is 5.22 Å². The maximum atomic E-state index is 5.98. The molecule has 4 heteroatoms. The monoisotopic (exact) mass is 262 g/mol. The van der Waals surface area contributed by atoms with Crippen molar-refractivity contribution >= 4 is 11.8 Å². The van der Waals surface area contributed by atoms with Crippen LogP contribution in [-0.4, -0.2) is 4.98 Å². The highest BCUT2D eigenvalue weighted by Gasteiger charge is 2.08. The van der Waals surface area contributed by atoms with Gasteiger partial charge in [0.05, 0.1) is 5.69 Å². The average molecular weight is 262 g/mol. The highest BCUT2D eigenvalue weighted by molar-refractivity contribution is 7.99. The molecule has 1 aromatic carbocycles. The largest absolute Gasteiger partial charge is 0.436 e. The molecule has 0 bridgehead atoms. The Morgan fingerprint density at radius 1 is 1.28 bits per heavy atom. The van der Waals surface area contributed by atoms with E-state index in [1.54, 1.807) is 0 Å². The summed E-state index contributed by atoms with van der Waals surface area (Å²) in [6, 6.07) is 8.38. The molecular weight excluding hydrogens is 244 g/mol. The van der Waals surface area contributed by atoms with Crippen molar-refractivity contribution in [2.24, 2.45) is 5.73 Å². The summed E-state index contributed by atoms with van der Waals surface area (Å²) in [5, 5.41) is 0.692. The molecule has 18 heavy (non-hydrogen) atoms. The third-order valence-corrected chi connectivity index (χ3v) is 3.82. The third-order valence-electron chi connectivity index (χ3n) is 2.96. The van der Waals surface area contributed by atoms with Gasteiger partial charge in [0.1, 0.15) is 5.76 Å². The van der Waals surface area contributed by atoms with Gasteiger partial charge in [-0.05, 0) is 49.7 Å². The molecule has 3 nitrogen and oxygen atoms in total. The van der Waals surface area contributed by atoms with Crippen molar-refractivity contribution in [3.63, 3.8) is 0 Å². The minimum Gasteiger partial charge on any atom is -0.436 e. The zero-order chi connectivity index (χ0) is 13.1. The Morgan fingerprint density at radius 2 is 1.94 bits per heavy atom. The second-order valence-corrected chi connectivity index (χ2v) is 5.33. The Balaban J connectivity index is 2.10. The van der Waals surface area contributed by atoms with Crippen LogP contribution in [-0.2, 0) is 0 Å². The molecule has 2 aromatic rings. The minimum atomic E-state index is 0.121. The van der Waals surface area contributed by atoms with E-state index < -0.39 is 0 Å². The molecular formula is C14H18N2OS. The molecule has 0 amide bonds. The number of rotatable bonds is 4. The fraction of sp³-hybridized carbons (Fsp3) is 0.357. The second kappa shape index (κ2) is 5.59. The quantitative estimate of drug-likeness (QED) is 0.909. The number of benzene rings is 1. The van der Waals surface area contributed by atoms with E-state index in [0.29, 0.717) is 5.22 Å². The highest BCUT2D eigenvalue weighted by atomic mass is 32.2. The fourth-order valence-corrected chi connectivity index (χ4v) is 2.43. The maximum absolute atomic E-state index is 5.98. The van der Waals surface area contributed by atoms with Crippen molar-refractivity contribution in [2.75, 3.05) is 0 Å². The van der Waals surface area contributed by atoms with E-state index in [-0.39, 0.29) is 6.04 Å². The van der Waals surface area contributed by atoms with Gasteiger partial charge in [0.2, 0.25) is 0 Å². The van der Waals surface area contributed by atoms with Crippen molar-refractivity contribution in [2.45, 2.75) is 43.4 Å². The normalized spacial score (nSPS) is 12.7. The Bertz CT molecular complexity index is 500. The van der Waals surface area contributed by atoms with Gasteiger partial charge in [0.15, 0.2) is 0 Å². The summed E-state index contributed by atoms with van der Waals surface area (Å²) < 4.78 is 5.54. The van der Waals surface area contributed by atoms with Crippen molar-refractivity contribution < 1.29 is 4.42 Å². The number of nitrogens with two attached hydrogens (primary N) is 1. The predicted octanol–water partition coefficient (Wildman–Crippen LogP) is 3.85. The average Bonchev–Trinajstić information content (AvgIpc) is 2.68. The van der Waals surface area contributed by atoms with Gasteiger partial charge in [-0.2, -0.15) is 0 Å². The van der Waals surface area contributed by atoms with E-state index in [4.69, 9.17) is 10.2 Å². The Kier molecular flexibility index (Phi) is 4.09. The molecule has 0 saturated carbocycles. The standard InChI is InChI=1S/C14H18N2OS/c1-4-13(15)11-5-7-12(8-6-11)18-14-16-9(2)10(3)17-14/h5-8,13H,4,15H2,1-3H3/t13-/m1/s1. The van der Waals surface area contributed by atoms with Crippen LogP contribution in [0.4, 0.5) is 0 Å². The molecule has 1 aromatic heterocycles. The molecule has 0 aliphatic rings. The van der Waals surface area contributed by atoms with Crippen LogP contribution in [0.25, 0.3) is 0 Å². The molecule has 2 rings (SSSR count). The molecule has 0 aliphatic carbocycles. The first-order valence-corrected chi connectivity index (χ1v) is 6.89. The van der Waals surface area contributed by atoms with Gasteiger partial charge < -0.3 is 10.2 Å². The van der Waals surface area contributed by atoms with Crippen molar-refractivity contribution in [3.8, 4) is 0 Å². The van der Waals surface area contributed by atoms with E-state index in [2.05, 4.69) is 36.2 Å². The maximum Gasteiger partial charge on any atom is 0.260 e. The molecule has 0 fully saturated rings. The smallest absolute Gasteiger partial charge is 0.260 e. The van der Waals surface area contributed by atoms with Gasteiger partial charge in [-0.15, -0.1) is 0 Å². The summed E-state index contributed by atoms with van der Waals surface area (Å²) in [6.07, 6.45) is 0.949. The van der Waals surface area contributed by atoms with Crippen LogP contribution in [0.2, 0.25) is 0 Å². The first-order valence-electron chi connectivity index (χ1n) is 6.07. The molecule has 1 heterocycles. The van der Waals surface area contributed by atoms with Crippen LogP contribution in [0.3, 0.4) is 0 Å². The summed E-state index contributed by atoms with van der Waals surface area (Å²) in [5.74, 6) is 0.877. The van der Waals surface area contributed by atoms with Gasteiger partial charge in [-0.3, -0.25) is 0 Å². The Morgan fingerprint density at radius 3 is 2.44 bits per heavy atom. The van der Waals surface area contributed by atoms with E-state index in [0.717, 1.165) is 22.8 Å². The third kappa shape index (κ3) is 2.94. The lowest BCUT2D eigenvalue weighted by molar-refractivity contribution is 0.431. The summed E-state index contributed by atoms with van der Waals surface area (Å²) >= 11 is 1.53. The number of oxazole rings is 1. The number of hydrogen-bond donors (Lipinski definition) is 1. The summed E-state index contributed by atoms with van der Waals surface area (Å²) in [4.78, 5) is 5.46. The summed E-state index contributed by atoms with van der Waals surface area (Å²) in [6.45, 7) is 5.97. The molecule has 0 aliphatic heterocycles. The number of hydrogen-bond acceptors (Lipinski definition) is 4. The minimum absolute atomic E-state index is 0.121. The molecule has 0 radical (unpaired) electrons. The van der Waals surface area contributed by atoms with E-state index >= 15 is 0 Å². The van der Waals surface area contributed by atoms with Crippen LogP contribution in [0.1, 0.15) is 36.4 Å². The SMILES string of the molecule is CC[C@@H](N)c1ccc(Sc2nc(C)c(C)o2)cc1. The van der Waals surface area contributed by atoms with Crippen LogP contribution in [0.15, 0.2) is 38.8 Å². The Hall–Kier alpha value is -1.26. The highest BCUT2D eigenvalue weighted by Crippen LogP contribution is 2.29. The van der Waals surface area contributed by atoms with E-state index in [9.17, 15) is 0 Å². The molecule has 0 unspecified atom stereocenters. The topological polar surface area (TPSA) is 52.0 Å². The van der Waals surface area contributed by atoms with Gasteiger partial charge in [-0.1, -0.05) is 19.1 Å². The van der Waals surface area contributed by atoms with Crippen LogP contribution < -0.4 is 5.73 Å². The first kappa shape index (κ1) is 13.2. The van der Waals surface area contributed by atoms with Crippen LogP contribution in [0.5, 0.6) is 0 Å². The van der Waals surface area contributed by atoms with Crippen molar-refractivity contribution in [1.82, 2.24) is 4.98 Å². The zero-order valence-corrected chi connectivity index (χ0v) is 11.8. The molecule has 2 N–H and O–H groups in total. The van der Waals surface area contributed by atoms with E-state index in [1.165, 1.54) is 17.3 Å². The van der Waals surface area contributed by atoms with Gasteiger partial charge >= 0.3 is 0 Å². The fourth-order valence-electron chi connectivity index (χ4n) is 1.61. The molecule has 1 atom stereocenters. The second-order valence-electron chi connectivity index (χ2n) is 4.31. The van der Waals surface area contributed by atoms with Crippen molar-refractivity contribution in [3.05, 3.63) is 41.3 Å². The van der Waals surface area contributed by atoms with Gasteiger partial charge in [-0.25, -0.2) is 4.98 Å². The number of aryl methyl sites for hydroxylation is 2. The van der Waals surface area contributed by atoms with Crippen LogP contribution >= 0.6 is 11.8 Å². The van der Waals surface area contributed by atoms with Gasteiger partial charge in [0, 0.05) is 10.9 Å². The predicted molar refractivity (Wildman–Crippen MR) is 73.8 cm³/mol. The lowest BCUT2D eigenvalue weighted by Crippen LogP contribution is -2.07. The zero-order valence-electron chi connectivity index (χ0n) is 10.9. The number of nitrogens with zero attached hydrogens (tertiary/aromatic N) is 1. The first-order chi connectivity index (χ1) is 8.60. The molecule has 0 spiro atoms. The molecule has 0 saturated heterocycles. The lowest BCUT2D eigenvalue weighted by Gasteiger charge is -2.08. The summed E-state index contributed by atoms with van der Waals surface area (Å²) in [7, 11) is 0. The molecule has 96 valence electrons. The van der Waals surface area contributed by atoms with Crippen LogP contribution in [0, 0.1) is 13.8 Å². The summed E-state index contributed by atoms with van der Waals surface area (Å²) in [5.41, 5.74) is 8.10. The lowest BCUT2D eigenvalue weighted by atomic mass is 10.1. The number of aromatic nitrogens is 1. The Labute approximate surface area is 112 Å². The van der Waals surface area contributed by atoms with E-state index in [1.807, 2.05) is 13.8 Å². The van der Waals surface area contributed by atoms with Crippen molar-refractivity contribution in [1.29, 1.82) is 0 Å².